The highest BCUT2D eigenvalue weighted by Crippen LogP contribution is 2.36. The molecule has 2 rings (SSSR count). The van der Waals surface area contributed by atoms with Crippen LogP contribution in [0.2, 0.25) is 5.04 Å². The molecule has 136 valence electrons. The monoisotopic (exact) mass is 359 g/mol. The molecule has 25 heavy (non-hydrogen) atoms. The zero-order valence-electron chi connectivity index (χ0n) is 15.2. The number of benzene rings is 2. The Labute approximate surface area is 151 Å². The van der Waals surface area contributed by atoms with Crippen LogP contribution in [0.1, 0.15) is 20.8 Å². The fraction of sp³-hybridized carbons (Fsp3) is 0.400. The molecule has 0 heterocycles. The Hall–Kier alpha value is -1.50. The van der Waals surface area contributed by atoms with Gasteiger partial charge in [-0.2, -0.15) is 0 Å². The van der Waals surface area contributed by atoms with Gasteiger partial charge >= 0.3 is 0 Å². The van der Waals surface area contributed by atoms with Crippen molar-refractivity contribution in [2.45, 2.75) is 38.0 Å². The standard InChI is InChI=1S/C20H29NO3Si/c1-20(2,3)25(16-10-6-4-7-11-16,17-12-8-5-9-13-17)24-15-18(21)19(23)14-22/h4-13,18-19,22-23H,14-15,21H2,1-3H3/t18-,19-/m1/s1. The molecule has 0 aliphatic carbocycles. The quantitative estimate of drug-likeness (QED) is 0.650. The first-order chi connectivity index (χ1) is 11.8. The van der Waals surface area contributed by atoms with E-state index in [1.54, 1.807) is 0 Å². The summed E-state index contributed by atoms with van der Waals surface area (Å²) in [6, 6.07) is 19.9. The first-order valence-electron chi connectivity index (χ1n) is 8.62. The molecule has 0 amide bonds. The highest BCUT2D eigenvalue weighted by molar-refractivity contribution is 6.99. The minimum Gasteiger partial charge on any atom is -0.406 e. The third-order valence-electron chi connectivity index (χ3n) is 4.59. The minimum atomic E-state index is -2.64. The summed E-state index contributed by atoms with van der Waals surface area (Å²) in [7, 11) is -2.64. The van der Waals surface area contributed by atoms with Gasteiger partial charge in [0.1, 0.15) is 0 Å². The Bertz CT molecular complexity index is 603. The van der Waals surface area contributed by atoms with E-state index in [0.29, 0.717) is 0 Å². The van der Waals surface area contributed by atoms with Crippen LogP contribution >= 0.6 is 0 Å². The molecule has 5 heteroatoms. The first-order valence-corrected chi connectivity index (χ1v) is 10.5. The molecule has 0 saturated heterocycles. The molecule has 0 aliphatic heterocycles. The third-order valence-corrected chi connectivity index (χ3v) is 9.60. The van der Waals surface area contributed by atoms with Crippen molar-refractivity contribution in [2.75, 3.05) is 13.2 Å². The zero-order valence-corrected chi connectivity index (χ0v) is 16.2. The van der Waals surface area contributed by atoms with Gasteiger partial charge in [-0.05, 0) is 15.4 Å². The summed E-state index contributed by atoms with van der Waals surface area (Å²) in [6.45, 7) is 6.38. The Kier molecular flexibility index (Phi) is 6.54. The van der Waals surface area contributed by atoms with Crippen LogP contribution < -0.4 is 16.1 Å². The molecular weight excluding hydrogens is 330 g/mol. The van der Waals surface area contributed by atoms with Crippen molar-refractivity contribution >= 4 is 18.7 Å². The van der Waals surface area contributed by atoms with E-state index in [1.165, 1.54) is 10.4 Å². The molecule has 2 aromatic rings. The van der Waals surface area contributed by atoms with Crippen molar-refractivity contribution in [3.63, 3.8) is 0 Å². The predicted octanol–water partition coefficient (Wildman–Crippen LogP) is 1.24. The van der Waals surface area contributed by atoms with Crippen LogP contribution in [0.5, 0.6) is 0 Å². The van der Waals surface area contributed by atoms with Crippen LogP contribution in [0.3, 0.4) is 0 Å². The maximum Gasteiger partial charge on any atom is 0.261 e. The minimum absolute atomic E-state index is 0.139. The van der Waals surface area contributed by atoms with E-state index in [4.69, 9.17) is 15.3 Å². The fourth-order valence-corrected chi connectivity index (χ4v) is 7.83. The zero-order chi connectivity index (χ0) is 18.5. The van der Waals surface area contributed by atoms with Gasteiger partial charge in [-0.15, -0.1) is 0 Å². The highest BCUT2D eigenvalue weighted by atomic mass is 28.4. The number of hydrogen-bond donors (Lipinski definition) is 3. The van der Waals surface area contributed by atoms with Crippen LogP contribution in [0.15, 0.2) is 60.7 Å². The predicted molar refractivity (Wildman–Crippen MR) is 105 cm³/mol. The lowest BCUT2D eigenvalue weighted by atomic mass is 10.2. The summed E-state index contributed by atoms with van der Waals surface area (Å²) >= 11 is 0. The maximum absolute atomic E-state index is 9.83. The SMILES string of the molecule is CC(C)(C)[Si](OC[C@@H](N)[C@H](O)CO)(c1ccccc1)c1ccccc1. The summed E-state index contributed by atoms with van der Waals surface area (Å²) in [4.78, 5) is 0. The molecule has 0 fully saturated rings. The molecule has 2 aromatic carbocycles. The van der Waals surface area contributed by atoms with Crippen molar-refractivity contribution in [2.24, 2.45) is 5.73 Å². The molecule has 0 saturated carbocycles. The number of hydrogen-bond acceptors (Lipinski definition) is 4. The van der Waals surface area contributed by atoms with Gasteiger partial charge in [-0.3, -0.25) is 0 Å². The van der Waals surface area contributed by atoms with Gasteiger partial charge in [0, 0.05) is 0 Å². The summed E-state index contributed by atoms with van der Waals surface area (Å²) in [5.74, 6) is 0. The molecule has 0 radical (unpaired) electrons. The third kappa shape index (κ3) is 4.19. The molecule has 0 aliphatic rings. The van der Waals surface area contributed by atoms with Crippen molar-refractivity contribution in [1.82, 2.24) is 0 Å². The average Bonchev–Trinajstić information content (AvgIpc) is 2.62. The van der Waals surface area contributed by atoms with Gasteiger partial charge in [0.05, 0.1) is 25.4 Å². The molecule has 0 spiro atoms. The van der Waals surface area contributed by atoms with Crippen LogP contribution in [0.4, 0.5) is 0 Å². The van der Waals surface area contributed by atoms with Gasteiger partial charge in [0.15, 0.2) is 0 Å². The van der Waals surface area contributed by atoms with Crippen molar-refractivity contribution in [1.29, 1.82) is 0 Å². The van der Waals surface area contributed by atoms with Gasteiger partial charge in [0.2, 0.25) is 0 Å². The smallest absolute Gasteiger partial charge is 0.261 e. The second-order valence-corrected chi connectivity index (χ2v) is 11.7. The summed E-state index contributed by atoms with van der Waals surface area (Å²) in [5, 5.41) is 21.2. The average molecular weight is 360 g/mol. The van der Waals surface area contributed by atoms with E-state index in [9.17, 15) is 5.11 Å². The number of aliphatic hydroxyl groups excluding tert-OH is 2. The second-order valence-electron chi connectivity index (χ2n) is 7.39. The van der Waals surface area contributed by atoms with Gasteiger partial charge < -0.3 is 20.4 Å². The lowest BCUT2D eigenvalue weighted by Gasteiger charge is -2.43. The molecule has 2 atom stereocenters. The second kappa shape index (κ2) is 8.25. The largest absolute Gasteiger partial charge is 0.406 e. The van der Waals surface area contributed by atoms with E-state index in [1.807, 2.05) is 36.4 Å². The van der Waals surface area contributed by atoms with Crippen LogP contribution in [-0.2, 0) is 4.43 Å². The highest BCUT2D eigenvalue weighted by Gasteiger charge is 2.50. The van der Waals surface area contributed by atoms with Crippen LogP contribution in [-0.4, -0.2) is 43.9 Å². The summed E-state index contributed by atoms with van der Waals surface area (Å²) in [6.07, 6.45) is -0.988. The normalized spacial score (nSPS) is 15.0. The number of rotatable bonds is 7. The van der Waals surface area contributed by atoms with E-state index in [0.717, 1.165) is 0 Å². The van der Waals surface area contributed by atoms with Crippen LogP contribution in [0, 0.1) is 0 Å². The van der Waals surface area contributed by atoms with Gasteiger partial charge in [-0.1, -0.05) is 81.4 Å². The maximum atomic E-state index is 9.83. The lowest BCUT2D eigenvalue weighted by Crippen LogP contribution is -2.67. The molecule has 4 N–H and O–H groups in total. The topological polar surface area (TPSA) is 75.7 Å². The molecule has 0 aromatic heterocycles. The van der Waals surface area contributed by atoms with E-state index >= 15 is 0 Å². The summed E-state index contributed by atoms with van der Waals surface area (Å²) < 4.78 is 6.59. The van der Waals surface area contributed by atoms with E-state index in [2.05, 4.69) is 45.0 Å². The molecule has 0 unspecified atom stereocenters. The van der Waals surface area contributed by atoms with Crippen molar-refractivity contribution < 1.29 is 14.6 Å². The van der Waals surface area contributed by atoms with Crippen molar-refractivity contribution in [3.05, 3.63) is 60.7 Å². The Balaban J connectivity index is 2.53. The van der Waals surface area contributed by atoms with E-state index < -0.39 is 20.5 Å². The van der Waals surface area contributed by atoms with Crippen molar-refractivity contribution in [3.8, 4) is 0 Å². The van der Waals surface area contributed by atoms with Gasteiger partial charge in [0.25, 0.3) is 8.32 Å². The number of aliphatic hydroxyl groups is 2. The van der Waals surface area contributed by atoms with Gasteiger partial charge in [-0.25, -0.2) is 0 Å². The Morgan fingerprint density at radius 1 is 0.960 bits per heavy atom. The molecular formula is C20H29NO3Si. The lowest BCUT2D eigenvalue weighted by molar-refractivity contribution is 0.0573. The van der Waals surface area contributed by atoms with Crippen LogP contribution in [0.25, 0.3) is 0 Å². The first kappa shape index (κ1) is 19.8. The Morgan fingerprint density at radius 3 is 1.76 bits per heavy atom. The molecule has 0 bridgehead atoms. The number of nitrogens with two attached hydrogens (primary N) is 1. The summed E-state index contributed by atoms with van der Waals surface area (Å²) in [5.41, 5.74) is 6.02. The molecule has 4 nitrogen and oxygen atoms in total. The fourth-order valence-electron chi connectivity index (χ4n) is 3.23. The van der Waals surface area contributed by atoms with E-state index in [-0.39, 0.29) is 18.3 Å². The Morgan fingerprint density at radius 2 is 1.40 bits per heavy atom.